The van der Waals surface area contributed by atoms with Gasteiger partial charge in [-0.3, -0.25) is 0 Å². The number of piperidine rings is 2. The van der Waals surface area contributed by atoms with E-state index in [0.717, 1.165) is 50.3 Å². The molecule has 0 unspecified atom stereocenters. The Balaban J connectivity index is 1.79. The molecule has 1 aromatic heterocycles. The van der Waals surface area contributed by atoms with Gasteiger partial charge in [-0.2, -0.15) is 0 Å². The van der Waals surface area contributed by atoms with Crippen LogP contribution < -0.4 is 4.90 Å². The molecule has 2 saturated heterocycles. The number of likely N-dealkylation sites (tertiary alicyclic amines) is 1. The Labute approximate surface area is 157 Å². The van der Waals surface area contributed by atoms with Gasteiger partial charge in [-0.05, 0) is 83.4 Å². The Kier molecular flexibility index (Phi) is 5.73. The van der Waals surface area contributed by atoms with Crippen molar-refractivity contribution in [2.24, 2.45) is 0 Å². The van der Waals surface area contributed by atoms with E-state index in [1.54, 1.807) is 0 Å². The predicted octanol–water partition coefficient (Wildman–Crippen LogP) is 4.84. The maximum atomic E-state index is 12.7. The zero-order valence-electron chi connectivity index (χ0n) is 16.8. The minimum Gasteiger partial charge on any atom is -0.444 e. The largest absolute Gasteiger partial charge is 0.444 e. The van der Waals surface area contributed by atoms with Gasteiger partial charge in [0.2, 0.25) is 0 Å². The van der Waals surface area contributed by atoms with Gasteiger partial charge in [0, 0.05) is 25.8 Å². The second kappa shape index (κ2) is 7.85. The number of nitrogens with zero attached hydrogens (tertiary/aromatic N) is 3. The van der Waals surface area contributed by atoms with Crippen LogP contribution in [0.15, 0.2) is 12.3 Å². The van der Waals surface area contributed by atoms with Crippen LogP contribution in [0.4, 0.5) is 10.6 Å². The number of aryl methyl sites for hydroxylation is 1. The molecule has 3 rings (SSSR count). The number of carbonyl (C=O) groups excluding carboxylic acids is 1. The molecule has 0 aliphatic carbocycles. The Morgan fingerprint density at radius 3 is 2.46 bits per heavy atom. The fraction of sp³-hybridized carbons (Fsp3) is 0.714. The summed E-state index contributed by atoms with van der Waals surface area (Å²) in [7, 11) is 0. The molecule has 3 heterocycles. The van der Waals surface area contributed by atoms with Gasteiger partial charge in [0.25, 0.3) is 0 Å². The standard InChI is InChI=1S/C21H33N3O2/c1-16-14-17(15-22-19(16)23-11-7-5-8-12-23)18-10-6-9-13-24(18)20(25)26-21(2,3)4/h14-15,18H,5-13H2,1-4H3/t18-/m0/s1. The smallest absolute Gasteiger partial charge is 0.410 e. The van der Waals surface area contributed by atoms with Crippen LogP contribution in [0, 0.1) is 6.92 Å². The Morgan fingerprint density at radius 1 is 1.12 bits per heavy atom. The fourth-order valence-corrected chi connectivity index (χ4v) is 4.03. The molecule has 26 heavy (non-hydrogen) atoms. The molecule has 0 radical (unpaired) electrons. The van der Waals surface area contributed by atoms with Crippen LogP contribution in [-0.2, 0) is 4.74 Å². The Hall–Kier alpha value is -1.78. The SMILES string of the molecule is Cc1cc([C@@H]2CCCCN2C(=O)OC(C)(C)C)cnc1N1CCCCC1. The maximum Gasteiger partial charge on any atom is 0.410 e. The molecule has 0 aromatic carbocycles. The Bertz CT molecular complexity index is 633. The molecule has 2 fully saturated rings. The summed E-state index contributed by atoms with van der Waals surface area (Å²) in [5.41, 5.74) is 1.87. The number of ether oxygens (including phenoxy) is 1. The number of amides is 1. The highest BCUT2D eigenvalue weighted by Crippen LogP contribution is 2.34. The summed E-state index contributed by atoms with van der Waals surface area (Å²) in [6.07, 6.45) is 8.73. The first kappa shape index (κ1) is 19.0. The fourth-order valence-electron chi connectivity index (χ4n) is 4.03. The third-order valence-corrected chi connectivity index (χ3v) is 5.24. The predicted molar refractivity (Wildman–Crippen MR) is 105 cm³/mol. The number of hydrogen-bond donors (Lipinski definition) is 0. The van der Waals surface area contributed by atoms with Gasteiger partial charge in [-0.25, -0.2) is 9.78 Å². The third kappa shape index (κ3) is 4.49. The third-order valence-electron chi connectivity index (χ3n) is 5.24. The summed E-state index contributed by atoms with van der Waals surface area (Å²) in [5, 5.41) is 0. The van der Waals surface area contributed by atoms with Gasteiger partial charge >= 0.3 is 6.09 Å². The van der Waals surface area contributed by atoms with Gasteiger partial charge in [-0.15, -0.1) is 0 Å². The molecule has 0 N–H and O–H groups in total. The summed E-state index contributed by atoms with van der Waals surface area (Å²) >= 11 is 0. The molecule has 144 valence electrons. The first-order chi connectivity index (χ1) is 12.3. The molecule has 1 amide bonds. The molecular weight excluding hydrogens is 326 g/mol. The zero-order chi connectivity index (χ0) is 18.7. The number of pyridine rings is 1. The normalized spacial score (nSPS) is 21.6. The van der Waals surface area contributed by atoms with Crippen LogP contribution in [0.3, 0.4) is 0 Å². The van der Waals surface area contributed by atoms with Crippen molar-refractivity contribution in [2.45, 2.75) is 77.9 Å². The first-order valence-corrected chi connectivity index (χ1v) is 10.1. The molecular formula is C21H33N3O2. The lowest BCUT2D eigenvalue weighted by Gasteiger charge is -2.37. The van der Waals surface area contributed by atoms with Gasteiger partial charge in [-0.1, -0.05) is 0 Å². The van der Waals surface area contributed by atoms with Crippen molar-refractivity contribution in [1.82, 2.24) is 9.88 Å². The number of hydrogen-bond acceptors (Lipinski definition) is 4. The van der Waals surface area contributed by atoms with Crippen LogP contribution in [0.25, 0.3) is 0 Å². The maximum absolute atomic E-state index is 12.7. The molecule has 1 aromatic rings. The minimum atomic E-state index is -0.467. The summed E-state index contributed by atoms with van der Waals surface area (Å²) in [6, 6.07) is 2.30. The van der Waals surface area contributed by atoms with Crippen molar-refractivity contribution in [2.75, 3.05) is 24.5 Å². The molecule has 1 atom stereocenters. The van der Waals surface area contributed by atoms with Gasteiger partial charge in [0.15, 0.2) is 0 Å². The highest BCUT2D eigenvalue weighted by atomic mass is 16.6. The summed E-state index contributed by atoms with van der Waals surface area (Å²) in [5.74, 6) is 1.10. The van der Waals surface area contributed by atoms with Gasteiger partial charge < -0.3 is 14.5 Å². The Morgan fingerprint density at radius 2 is 1.81 bits per heavy atom. The van der Waals surface area contributed by atoms with Gasteiger partial charge in [0.1, 0.15) is 11.4 Å². The first-order valence-electron chi connectivity index (χ1n) is 10.1. The highest BCUT2D eigenvalue weighted by Gasteiger charge is 2.32. The summed E-state index contributed by atoms with van der Waals surface area (Å²) in [6.45, 7) is 10.9. The zero-order valence-corrected chi connectivity index (χ0v) is 16.8. The van der Waals surface area contributed by atoms with Crippen molar-refractivity contribution in [1.29, 1.82) is 0 Å². The van der Waals surface area contributed by atoms with E-state index in [9.17, 15) is 4.79 Å². The molecule has 5 nitrogen and oxygen atoms in total. The molecule has 0 spiro atoms. The van der Waals surface area contributed by atoms with Crippen LogP contribution in [-0.4, -0.2) is 41.2 Å². The number of anilines is 1. The van der Waals surface area contributed by atoms with Crippen LogP contribution >= 0.6 is 0 Å². The second-order valence-electron chi connectivity index (χ2n) is 8.64. The van der Waals surface area contributed by atoms with E-state index in [1.807, 2.05) is 31.9 Å². The average molecular weight is 360 g/mol. The van der Waals surface area contributed by atoms with E-state index in [-0.39, 0.29) is 12.1 Å². The summed E-state index contributed by atoms with van der Waals surface area (Å²) in [4.78, 5) is 21.8. The monoisotopic (exact) mass is 359 g/mol. The quantitative estimate of drug-likeness (QED) is 0.758. The lowest BCUT2D eigenvalue weighted by atomic mass is 9.95. The van der Waals surface area contributed by atoms with Crippen molar-refractivity contribution < 1.29 is 9.53 Å². The lowest BCUT2D eigenvalue weighted by molar-refractivity contribution is 0.00947. The second-order valence-corrected chi connectivity index (χ2v) is 8.64. The molecule has 2 aliphatic rings. The number of carbonyl (C=O) groups is 1. The lowest BCUT2D eigenvalue weighted by Crippen LogP contribution is -2.42. The van der Waals surface area contributed by atoms with E-state index in [1.165, 1.54) is 24.8 Å². The van der Waals surface area contributed by atoms with Crippen molar-refractivity contribution in [3.8, 4) is 0 Å². The average Bonchev–Trinajstić information content (AvgIpc) is 2.61. The summed E-state index contributed by atoms with van der Waals surface area (Å²) < 4.78 is 5.64. The van der Waals surface area contributed by atoms with E-state index >= 15 is 0 Å². The van der Waals surface area contributed by atoms with Gasteiger partial charge in [0.05, 0.1) is 6.04 Å². The van der Waals surface area contributed by atoms with Crippen molar-refractivity contribution in [3.63, 3.8) is 0 Å². The van der Waals surface area contributed by atoms with E-state index in [4.69, 9.17) is 9.72 Å². The van der Waals surface area contributed by atoms with Crippen molar-refractivity contribution >= 4 is 11.9 Å². The van der Waals surface area contributed by atoms with Crippen LogP contribution in [0.2, 0.25) is 0 Å². The van der Waals surface area contributed by atoms with Crippen LogP contribution in [0.5, 0.6) is 0 Å². The number of rotatable bonds is 2. The van der Waals surface area contributed by atoms with Crippen LogP contribution in [0.1, 0.15) is 76.5 Å². The van der Waals surface area contributed by atoms with E-state index in [2.05, 4.69) is 17.9 Å². The molecule has 0 bridgehead atoms. The van der Waals surface area contributed by atoms with E-state index < -0.39 is 5.60 Å². The van der Waals surface area contributed by atoms with E-state index in [0.29, 0.717) is 0 Å². The highest BCUT2D eigenvalue weighted by molar-refractivity contribution is 5.69. The topological polar surface area (TPSA) is 45.7 Å². The molecule has 5 heteroatoms. The number of aromatic nitrogens is 1. The molecule has 2 aliphatic heterocycles. The molecule has 0 saturated carbocycles. The van der Waals surface area contributed by atoms with Crippen molar-refractivity contribution in [3.05, 3.63) is 23.4 Å². The minimum absolute atomic E-state index is 0.0696.